The van der Waals surface area contributed by atoms with Gasteiger partial charge < -0.3 is 5.73 Å². The number of fused-ring (bicyclic) bond motifs is 1. The molecule has 0 aliphatic heterocycles. The van der Waals surface area contributed by atoms with E-state index in [0.29, 0.717) is 6.54 Å². The molecule has 0 aliphatic carbocycles. The van der Waals surface area contributed by atoms with Crippen molar-refractivity contribution in [3.8, 4) is 0 Å². The Morgan fingerprint density at radius 2 is 2.21 bits per heavy atom. The molecule has 2 rings (SSSR count). The van der Waals surface area contributed by atoms with Crippen molar-refractivity contribution in [3.63, 3.8) is 0 Å². The Morgan fingerprint density at radius 3 is 3.00 bits per heavy atom. The van der Waals surface area contributed by atoms with E-state index in [0.717, 1.165) is 28.8 Å². The van der Waals surface area contributed by atoms with Gasteiger partial charge in [0.15, 0.2) is 5.65 Å². The average molecular weight is 255 g/mol. The van der Waals surface area contributed by atoms with Crippen LogP contribution >= 0.6 is 15.9 Å². The molecule has 0 bridgehead atoms. The molecular formula is C9H11BrN4. The molecule has 0 amide bonds. The Morgan fingerprint density at radius 1 is 1.36 bits per heavy atom. The van der Waals surface area contributed by atoms with Crippen LogP contribution in [0.25, 0.3) is 5.65 Å². The summed E-state index contributed by atoms with van der Waals surface area (Å²) in [4.78, 5) is 0. The molecule has 0 radical (unpaired) electrons. The van der Waals surface area contributed by atoms with Gasteiger partial charge in [0.1, 0.15) is 5.82 Å². The fourth-order valence-electron chi connectivity index (χ4n) is 1.34. The van der Waals surface area contributed by atoms with E-state index in [9.17, 15) is 0 Å². The highest BCUT2D eigenvalue weighted by atomic mass is 79.9. The summed E-state index contributed by atoms with van der Waals surface area (Å²) in [5, 5.41) is 8.17. The highest BCUT2D eigenvalue weighted by Crippen LogP contribution is 2.12. The molecule has 2 aromatic heterocycles. The lowest BCUT2D eigenvalue weighted by molar-refractivity contribution is 0.770. The number of hydrogen-bond acceptors (Lipinski definition) is 3. The van der Waals surface area contributed by atoms with Crippen LogP contribution in [0.15, 0.2) is 22.8 Å². The third-order valence-electron chi connectivity index (χ3n) is 2.04. The Hall–Kier alpha value is -0.940. The number of aryl methyl sites for hydroxylation is 1. The quantitative estimate of drug-likeness (QED) is 0.901. The van der Waals surface area contributed by atoms with Crippen LogP contribution in [-0.2, 0) is 6.42 Å². The van der Waals surface area contributed by atoms with E-state index < -0.39 is 0 Å². The molecule has 0 spiro atoms. The second kappa shape index (κ2) is 4.06. The van der Waals surface area contributed by atoms with Crippen LogP contribution in [0, 0.1) is 0 Å². The fourth-order valence-corrected chi connectivity index (χ4v) is 1.68. The van der Waals surface area contributed by atoms with Gasteiger partial charge in [-0.2, -0.15) is 0 Å². The standard InChI is InChI=1S/C9H11BrN4/c10-7-3-4-9-13-12-8(2-1-5-11)14(9)6-7/h3-4,6H,1-2,5,11H2. The molecule has 0 saturated carbocycles. The molecular weight excluding hydrogens is 244 g/mol. The van der Waals surface area contributed by atoms with Crippen LogP contribution in [0.4, 0.5) is 0 Å². The molecule has 4 nitrogen and oxygen atoms in total. The minimum atomic E-state index is 0.683. The number of rotatable bonds is 3. The predicted molar refractivity (Wildman–Crippen MR) is 58.1 cm³/mol. The summed E-state index contributed by atoms with van der Waals surface area (Å²) in [6.07, 6.45) is 3.78. The van der Waals surface area contributed by atoms with Crippen molar-refractivity contribution in [2.45, 2.75) is 12.8 Å². The van der Waals surface area contributed by atoms with E-state index in [2.05, 4.69) is 26.1 Å². The normalized spacial score (nSPS) is 11.0. The van der Waals surface area contributed by atoms with Crippen molar-refractivity contribution in [2.24, 2.45) is 5.73 Å². The number of nitrogens with two attached hydrogens (primary N) is 1. The zero-order chi connectivity index (χ0) is 9.97. The Balaban J connectivity index is 2.40. The second-order valence-corrected chi connectivity index (χ2v) is 4.00. The predicted octanol–water partition coefficient (Wildman–Crippen LogP) is 1.38. The van der Waals surface area contributed by atoms with Gasteiger partial charge >= 0.3 is 0 Å². The van der Waals surface area contributed by atoms with E-state index in [1.807, 2.05) is 22.7 Å². The first kappa shape index (κ1) is 9.61. The lowest BCUT2D eigenvalue weighted by atomic mass is 10.3. The van der Waals surface area contributed by atoms with Gasteiger partial charge in [0.05, 0.1) is 0 Å². The van der Waals surface area contributed by atoms with Gasteiger partial charge in [-0.05, 0) is 41.0 Å². The highest BCUT2D eigenvalue weighted by molar-refractivity contribution is 9.10. The maximum absolute atomic E-state index is 5.45. The van der Waals surface area contributed by atoms with Crippen LogP contribution < -0.4 is 5.73 Å². The molecule has 0 unspecified atom stereocenters. The van der Waals surface area contributed by atoms with Crippen LogP contribution in [0.2, 0.25) is 0 Å². The molecule has 5 heteroatoms. The van der Waals surface area contributed by atoms with Crippen molar-refractivity contribution in [3.05, 3.63) is 28.6 Å². The fraction of sp³-hybridized carbons (Fsp3) is 0.333. The summed E-state index contributed by atoms with van der Waals surface area (Å²) in [5.41, 5.74) is 6.33. The molecule has 0 saturated heterocycles. The first-order valence-corrected chi connectivity index (χ1v) is 5.30. The first-order chi connectivity index (χ1) is 6.81. The van der Waals surface area contributed by atoms with Gasteiger partial charge in [-0.1, -0.05) is 0 Å². The highest BCUT2D eigenvalue weighted by Gasteiger charge is 2.04. The Bertz CT molecular complexity index is 437. The number of halogens is 1. The SMILES string of the molecule is NCCCc1nnc2ccc(Br)cn12. The van der Waals surface area contributed by atoms with Crippen molar-refractivity contribution in [1.82, 2.24) is 14.6 Å². The smallest absolute Gasteiger partial charge is 0.160 e. The van der Waals surface area contributed by atoms with Gasteiger partial charge in [0.25, 0.3) is 0 Å². The summed E-state index contributed by atoms with van der Waals surface area (Å²) in [6, 6.07) is 3.89. The molecule has 2 aromatic rings. The second-order valence-electron chi connectivity index (χ2n) is 3.08. The molecule has 74 valence electrons. The maximum atomic E-state index is 5.45. The van der Waals surface area contributed by atoms with E-state index in [-0.39, 0.29) is 0 Å². The molecule has 0 aliphatic rings. The minimum Gasteiger partial charge on any atom is -0.330 e. The lowest BCUT2D eigenvalue weighted by Crippen LogP contribution is -2.03. The zero-order valence-corrected chi connectivity index (χ0v) is 9.24. The maximum Gasteiger partial charge on any atom is 0.160 e. The van der Waals surface area contributed by atoms with Gasteiger partial charge in [0.2, 0.25) is 0 Å². The Labute approximate surface area is 90.3 Å². The lowest BCUT2D eigenvalue weighted by Gasteiger charge is -1.98. The topological polar surface area (TPSA) is 56.2 Å². The molecule has 2 N–H and O–H groups in total. The number of pyridine rings is 1. The van der Waals surface area contributed by atoms with Gasteiger partial charge in [-0.3, -0.25) is 4.40 Å². The minimum absolute atomic E-state index is 0.683. The third-order valence-corrected chi connectivity index (χ3v) is 2.51. The number of hydrogen-bond donors (Lipinski definition) is 1. The summed E-state index contributed by atoms with van der Waals surface area (Å²) in [5.74, 6) is 0.965. The first-order valence-electron chi connectivity index (χ1n) is 4.50. The van der Waals surface area contributed by atoms with Gasteiger partial charge in [0, 0.05) is 17.1 Å². The van der Waals surface area contributed by atoms with Crippen molar-refractivity contribution >= 4 is 21.6 Å². The van der Waals surface area contributed by atoms with Crippen molar-refractivity contribution in [2.75, 3.05) is 6.54 Å². The third kappa shape index (κ3) is 1.78. The van der Waals surface area contributed by atoms with Crippen molar-refractivity contribution < 1.29 is 0 Å². The van der Waals surface area contributed by atoms with Crippen LogP contribution in [-0.4, -0.2) is 21.1 Å². The van der Waals surface area contributed by atoms with Crippen LogP contribution in [0.3, 0.4) is 0 Å². The summed E-state index contributed by atoms with van der Waals surface area (Å²) >= 11 is 3.42. The summed E-state index contributed by atoms with van der Waals surface area (Å²) in [7, 11) is 0. The van der Waals surface area contributed by atoms with E-state index >= 15 is 0 Å². The van der Waals surface area contributed by atoms with Crippen LogP contribution in [0.1, 0.15) is 12.2 Å². The summed E-state index contributed by atoms with van der Waals surface area (Å²) in [6.45, 7) is 0.683. The molecule has 0 fully saturated rings. The van der Waals surface area contributed by atoms with Gasteiger partial charge in [-0.25, -0.2) is 0 Å². The van der Waals surface area contributed by atoms with Crippen LogP contribution in [0.5, 0.6) is 0 Å². The molecule has 2 heterocycles. The van der Waals surface area contributed by atoms with E-state index in [4.69, 9.17) is 5.73 Å². The largest absolute Gasteiger partial charge is 0.330 e. The Kier molecular flexibility index (Phi) is 2.79. The average Bonchev–Trinajstić information content (AvgIpc) is 2.57. The molecule has 14 heavy (non-hydrogen) atoms. The molecule has 0 aromatic carbocycles. The van der Waals surface area contributed by atoms with Gasteiger partial charge in [-0.15, -0.1) is 10.2 Å². The monoisotopic (exact) mass is 254 g/mol. The van der Waals surface area contributed by atoms with Crippen molar-refractivity contribution in [1.29, 1.82) is 0 Å². The zero-order valence-electron chi connectivity index (χ0n) is 7.65. The number of nitrogens with zero attached hydrogens (tertiary/aromatic N) is 3. The number of aromatic nitrogens is 3. The van der Waals surface area contributed by atoms with E-state index in [1.165, 1.54) is 0 Å². The molecule has 0 atom stereocenters. The summed E-state index contributed by atoms with van der Waals surface area (Å²) < 4.78 is 3.01. The van der Waals surface area contributed by atoms with E-state index in [1.54, 1.807) is 0 Å².